The summed E-state index contributed by atoms with van der Waals surface area (Å²) in [4.78, 5) is 23.7. The number of ether oxygens (including phenoxy) is 1. The first kappa shape index (κ1) is 19.7. The number of amides is 1. The lowest BCUT2D eigenvalue weighted by molar-refractivity contribution is -0.137. The standard InChI is InChI=1S/C22H18BrNO4S/c23-19-12-29-11-18(19)20(9-21(25)26)24-22(27)28-10-17-15-7-3-1-5-13(15)14-6-2-4-8-16(14)17/h1-8,11-12,17,20H,9-10H2,(H,24,27)(H,25,26)/t20-/m0/s1. The van der Waals surface area contributed by atoms with Crippen LogP contribution in [0.4, 0.5) is 4.79 Å². The van der Waals surface area contributed by atoms with Crippen molar-refractivity contribution in [3.63, 3.8) is 0 Å². The molecular formula is C22H18BrNO4S. The van der Waals surface area contributed by atoms with Crippen molar-refractivity contribution in [2.75, 3.05) is 6.61 Å². The van der Waals surface area contributed by atoms with Crippen molar-refractivity contribution in [1.29, 1.82) is 0 Å². The SMILES string of the molecule is O=C(O)C[C@H](NC(=O)OCC1c2ccccc2-c2ccccc21)c1cscc1Br. The number of carboxylic acids is 1. The fourth-order valence-electron chi connectivity index (χ4n) is 3.74. The van der Waals surface area contributed by atoms with Gasteiger partial charge in [0.05, 0.1) is 12.5 Å². The molecule has 1 aliphatic carbocycles. The highest BCUT2D eigenvalue weighted by atomic mass is 79.9. The molecule has 0 unspecified atom stereocenters. The van der Waals surface area contributed by atoms with Gasteiger partial charge in [-0.15, -0.1) is 0 Å². The van der Waals surface area contributed by atoms with E-state index >= 15 is 0 Å². The number of hydrogen-bond acceptors (Lipinski definition) is 4. The second kappa shape index (κ2) is 8.39. The molecule has 0 fully saturated rings. The average Bonchev–Trinajstić information content (AvgIpc) is 3.27. The van der Waals surface area contributed by atoms with Crippen LogP contribution in [0.5, 0.6) is 0 Å². The van der Waals surface area contributed by atoms with Crippen LogP contribution in [0.1, 0.15) is 35.1 Å². The Morgan fingerprint density at radius 1 is 1.07 bits per heavy atom. The summed E-state index contributed by atoms with van der Waals surface area (Å²) in [6, 6.07) is 15.6. The molecule has 1 aliphatic rings. The number of fused-ring (bicyclic) bond motifs is 3. The molecule has 4 rings (SSSR count). The molecule has 0 spiro atoms. The Kier molecular flexibility index (Phi) is 5.69. The molecule has 5 nitrogen and oxygen atoms in total. The summed E-state index contributed by atoms with van der Waals surface area (Å²) in [5, 5.41) is 15.6. The van der Waals surface area contributed by atoms with E-state index in [-0.39, 0.29) is 18.9 Å². The van der Waals surface area contributed by atoms with Gasteiger partial charge in [-0.2, -0.15) is 11.3 Å². The predicted octanol–water partition coefficient (Wildman–Crippen LogP) is 5.57. The van der Waals surface area contributed by atoms with Crippen LogP contribution in [0, 0.1) is 0 Å². The Morgan fingerprint density at radius 3 is 2.24 bits per heavy atom. The zero-order valence-corrected chi connectivity index (χ0v) is 17.7. The molecule has 7 heteroatoms. The second-order valence-electron chi connectivity index (χ2n) is 6.80. The lowest BCUT2D eigenvalue weighted by atomic mass is 9.98. The zero-order valence-electron chi connectivity index (χ0n) is 15.3. The number of nitrogens with one attached hydrogen (secondary N) is 1. The van der Waals surface area contributed by atoms with E-state index in [1.54, 1.807) is 0 Å². The molecule has 1 amide bonds. The monoisotopic (exact) mass is 471 g/mol. The third-order valence-electron chi connectivity index (χ3n) is 5.03. The summed E-state index contributed by atoms with van der Waals surface area (Å²) in [6.45, 7) is 0.185. The molecule has 1 aromatic heterocycles. The van der Waals surface area contributed by atoms with Gasteiger partial charge in [-0.3, -0.25) is 4.79 Å². The third-order valence-corrected chi connectivity index (χ3v) is 6.78. The summed E-state index contributed by atoms with van der Waals surface area (Å²) in [5.74, 6) is -1.04. The predicted molar refractivity (Wildman–Crippen MR) is 115 cm³/mol. The molecule has 0 aliphatic heterocycles. The zero-order chi connectivity index (χ0) is 20.4. The van der Waals surface area contributed by atoms with Crippen LogP contribution in [0.2, 0.25) is 0 Å². The number of benzene rings is 2. The summed E-state index contributed by atoms with van der Waals surface area (Å²) >= 11 is 4.84. The molecule has 1 heterocycles. The van der Waals surface area contributed by atoms with E-state index in [1.165, 1.54) is 11.3 Å². The third kappa shape index (κ3) is 4.06. The number of alkyl carbamates (subject to hydrolysis) is 1. The van der Waals surface area contributed by atoms with Gasteiger partial charge in [0.2, 0.25) is 0 Å². The minimum atomic E-state index is -0.993. The van der Waals surface area contributed by atoms with E-state index in [0.29, 0.717) is 0 Å². The van der Waals surface area contributed by atoms with Crippen molar-refractivity contribution >= 4 is 39.3 Å². The van der Waals surface area contributed by atoms with Crippen molar-refractivity contribution in [3.05, 3.63) is 80.5 Å². The molecule has 2 aromatic carbocycles. The molecule has 148 valence electrons. The number of carbonyl (C=O) groups excluding carboxylic acids is 1. The Hall–Kier alpha value is -2.64. The summed E-state index contributed by atoms with van der Waals surface area (Å²) in [5.41, 5.74) is 5.30. The van der Waals surface area contributed by atoms with Crippen LogP contribution in [0.15, 0.2) is 63.8 Å². The van der Waals surface area contributed by atoms with E-state index in [4.69, 9.17) is 4.74 Å². The minimum Gasteiger partial charge on any atom is -0.481 e. The van der Waals surface area contributed by atoms with Crippen molar-refractivity contribution in [3.8, 4) is 11.1 Å². The van der Waals surface area contributed by atoms with Crippen LogP contribution in [0.25, 0.3) is 11.1 Å². The Bertz CT molecular complexity index is 1020. The molecule has 2 N–H and O–H groups in total. The molecule has 0 saturated carbocycles. The number of rotatable bonds is 6. The Labute approximate surface area is 180 Å². The molecule has 1 atom stereocenters. The molecule has 29 heavy (non-hydrogen) atoms. The van der Waals surface area contributed by atoms with Crippen LogP contribution in [0.3, 0.4) is 0 Å². The molecule has 0 bridgehead atoms. The van der Waals surface area contributed by atoms with Crippen molar-refractivity contribution in [2.24, 2.45) is 0 Å². The summed E-state index contributed by atoms with van der Waals surface area (Å²) < 4.78 is 6.31. The van der Waals surface area contributed by atoms with Gasteiger partial charge in [-0.1, -0.05) is 48.5 Å². The normalized spacial score (nSPS) is 13.4. The minimum absolute atomic E-state index is 0.0426. The van der Waals surface area contributed by atoms with E-state index in [9.17, 15) is 14.7 Å². The van der Waals surface area contributed by atoms with Gasteiger partial charge < -0.3 is 15.2 Å². The van der Waals surface area contributed by atoms with Crippen molar-refractivity contribution in [2.45, 2.75) is 18.4 Å². The van der Waals surface area contributed by atoms with Gasteiger partial charge in [0, 0.05) is 15.8 Å². The highest BCUT2D eigenvalue weighted by Crippen LogP contribution is 2.44. The maximum atomic E-state index is 12.5. The van der Waals surface area contributed by atoms with E-state index in [0.717, 1.165) is 32.3 Å². The molecular weight excluding hydrogens is 454 g/mol. The lowest BCUT2D eigenvalue weighted by Crippen LogP contribution is -2.31. The first-order valence-electron chi connectivity index (χ1n) is 9.09. The van der Waals surface area contributed by atoms with Crippen LogP contribution < -0.4 is 5.32 Å². The summed E-state index contributed by atoms with van der Waals surface area (Å²) in [6.07, 6.45) is -0.851. The van der Waals surface area contributed by atoms with E-state index in [2.05, 4.69) is 45.5 Å². The van der Waals surface area contributed by atoms with E-state index < -0.39 is 18.1 Å². The largest absolute Gasteiger partial charge is 0.481 e. The number of thiophene rings is 1. The molecule has 0 saturated heterocycles. The van der Waals surface area contributed by atoms with Gasteiger partial charge in [-0.05, 0) is 49.1 Å². The van der Waals surface area contributed by atoms with Crippen molar-refractivity contribution in [1.82, 2.24) is 5.32 Å². The highest BCUT2D eigenvalue weighted by molar-refractivity contribution is 9.10. The Balaban J connectivity index is 1.48. The second-order valence-corrected chi connectivity index (χ2v) is 8.39. The van der Waals surface area contributed by atoms with E-state index in [1.807, 2.05) is 35.0 Å². The van der Waals surface area contributed by atoms with Crippen LogP contribution >= 0.6 is 27.3 Å². The number of hydrogen-bond donors (Lipinski definition) is 2. The number of halogens is 1. The smallest absolute Gasteiger partial charge is 0.407 e. The van der Waals surface area contributed by atoms with Crippen LogP contribution in [-0.2, 0) is 9.53 Å². The van der Waals surface area contributed by atoms with Gasteiger partial charge in [0.15, 0.2) is 0 Å². The Morgan fingerprint density at radius 2 is 1.69 bits per heavy atom. The summed E-state index contributed by atoms with van der Waals surface area (Å²) in [7, 11) is 0. The van der Waals surface area contributed by atoms with Crippen LogP contribution in [-0.4, -0.2) is 23.8 Å². The maximum absolute atomic E-state index is 12.5. The topological polar surface area (TPSA) is 75.6 Å². The molecule has 0 radical (unpaired) electrons. The number of carbonyl (C=O) groups is 2. The first-order valence-corrected chi connectivity index (χ1v) is 10.8. The number of carboxylic acid groups (broad SMARTS) is 1. The average molecular weight is 472 g/mol. The lowest BCUT2D eigenvalue weighted by Gasteiger charge is -2.19. The maximum Gasteiger partial charge on any atom is 0.407 e. The quantitative estimate of drug-likeness (QED) is 0.492. The molecule has 3 aromatic rings. The van der Waals surface area contributed by atoms with Gasteiger partial charge in [-0.25, -0.2) is 4.79 Å². The number of aliphatic carboxylic acids is 1. The van der Waals surface area contributed by atoms with Gasteiger partial charge in [0.25, 0.3) is 0 Å². The highest BCUT2D eigenvalue weighted by Gasteiger charge is 2.29. The fraction of sp³-hybridized carbons (Fsp3) is 0.182. The first-order chi connectivity index (χ1) is 14.0. The van der Waals surface area contributed by atoms with Gasteiger partial charge >= 0.3 is 12.1 Å². The fourth-order valence-corrected chi connectivity index (χ4v) is 5.36. The van der Waals surface area contributed by atoms with Gasteiger partial charge in [0.1, 0.15) is 6.61 Å². The van der Waals surface area contributed by atoms with Crippen molar-refractivity contribution < 1.29 is 19.4 Å².